The molecule has 1 amide bonds. The second-order valence-electron chi connectivity index (χ2n) is 6.38. The highest BCUT2D eigenvalue weighted by molar-refractivity contribution is 7.12. The maximum atomic E-state index is 13.0. The Hall–Kier alpha value is -3.23. The second kappa shape index (κ2) is 9.06. The summed E-state index contributed by atoms with van der Waals surface area (Å²) in [5.41, 5.74) is 1.74. The Morgan fingerprint density at radius 3 is 2.77 bits per heavy atom. The van der Waals surface area contributed by atoms with Gasteiger partial charge in [0.05, 0.1) is 16.4 Å². The standard InChI is InChI=1S/C21H16ClFN4O2S/c22-17-3-1-2-4-18(17)29-11-15-9-19(30-12-15)20(28)25-21-24-13-27(26-21)10-14-5-7-16(23)8-6-14/h1-9,12-13H,10-11H2,(H,25,26,28). The van der Waals surface area contributed by atoms with E-state index in [0.29, 0.717) is 28.8 Å². The minimum Gasteiger partial charge on any atom is -0.487 e. The van der Waals surface area contributed by atoms with Gasteiger partial charge in [-0.3, -0.25) is 10.1 Å². The minimum atomic E-state index is -0.302. The van der Waals surface area contributed by atoms with E-state index >= 15 is 0 Å². The number of anilines is 1. The largest absolute Gasteiger partial charge is 0.487 e. The van der Waals surface area contributed by atoms with Crippen LogP contribution in [0.15, 0.2) is 66.3 Å². The van der Waals surface area contributed by atoms with Gasteiger partial charge in [0.1, 0.15) is 24.5 Å². The van der Waals surface area contributed by atoms with Gasteiger partial charge in [0, 0.05) is 5.56 Å². The van der Waals surface area contributed by atoms with Gasteiger partial charge in [0.25, 0.3) is 5.91 Å². The summed E-state index contributed by atoms with van der Waals surface area (Å²) in [5, 5.41) is 9.30. The number of para-hydroxylation sites is 1. The second-order valence-corrected chi connectivity index (χ2v) is 7.70. The number of nitrogens with zero attached hydrogens (tertiary/aromatic N) is 3. The number of carbonyl (C=O) groups is 1. The number of rotatable bonds is 7. The van der Waals surface area contributed by atoms with Gasteiger partial charge in [-0.25, -0.2) is 14.1 Å². The predicted octanol–water partition coefficient (Wildman–Crippen LogP) is 5.01. The average Bonchev–Trinajstić information content (AvgIpc) is 3.39. The third-order valence-electron chi connectivity index (χ3n) is 4.13. The van der Waals surface area contributed by atoms with Crippen molar-refractivity contribution in [2.75, 3.05) is 5.32 Å². The van der Waals surface area contributed by atoms with E-state index in [-0.39, 0.29) is 17.7 Å². The van der Waals surface area contributed by atoms with Gasteiger partial charge in [-0.15, -0.1) is 16.4 Å². The van der Waals surface area contributed by atoms with Crippen molar-refractivity contribution in [2.45, 2.75) is 13.2 Å². The summed E-state index contributed by atoms with van der Waals surface area (Å²) in [5.74, 6) is 0.193. The van der Waals surface area contributed by atoms with Gasteiger partial charge in [-0.1, -0.05) is 35.9 Å². The highest BCUT2D eigenvalue weighted by atomic mass is 35.5. The van der Waals surface area contributed by atoms with Crippen molar-refractivity contribution in [3.63, 3.8) is 0 Å². The zero-order valence-electron chi connectivity index (χ0n) is 15.6. The Morgan fingerprint density at radius 2 is 1.97 bits per heavy atom. The number of aromatic nitrogens is 3. The number of ether oxygens (including phenoxy) is 1. The van der Waals surface area contributed by atoms with Gasteiger partial charge in [0.2, 0.25) is 5.95 Å². The first kappa shape index (κ1) is 20.1. The molecule has 0 bridgehead atoms. The Kier molecular flexibility index (Phi) is 6.06. The Balaban J connectivity index is 1.34. The van der Waals surface area contributed by atoms with Crippen LogP contribution >= 0.6 is 22.9 Å². The van der Waals surface area contributed by atoms with Crippen LogP contribution in [0.4, 0.5) is 10.3 Å². The molecule has 0 aliphatic carbocycles. The molecule has 2 heterocycles. The van der Waals surface area contributed by atoms with Crippen molar-refractivity contribution < 1.29 is 13.9 Å². The van der Waals surface area contributed by atoms with Crippen molar-refractivity contribution in [3.05, 3.63) is 93.1 Å². The lowest BCUT2D eigenvalue weighted by molar-refractivity contribution is 0.102. The molecule has 30 heavy (non-hydrogen) atoms. The lowest BCUT2D eigenvalue weighted by atomic mass is 10.2. The SMILES string of the molecule is O=C(Nc1ncn(Cc2ccc(F)cc2)n1)c1cc(COc2ccccc2Cl)cs1. The van der Waals surface area contributed by atoms with Gasteiger partial charge >= 0.3 is 0 Å². The first-order chi connectivity index (χ1) is 14.6. The molecule has 0 saturated carbocycles. The molecule has 0 saturated heterocycles. The van der Waals surface area contributed by atoms with E-state index in [1.807, 2.05) is 17.5 Å². The fourth-order valence-electron chi connectivity index (χ4n) is 2.66. The first-order valence-electron chi connectivity index (χ1n) is 8.97. The summed E-state index contributed by atoms with van der Waals surface area (Å²) < 4.78 is 20.3. The molecule has 9 heteroatoms. The maximum absolute atomic E-state index is 13.0. The van der Waals surface area contributed by atoms with Crippen LogP contribution in [-0.2, 0) is 13.2 Å². The quantitative estimate of drug-likeness (QED) is 0.436. The molecule has 6 nitrogen and oxygen atoms in total. The minimum absolute atomic E-state index is 0.198. The molecular formula is C21H16ClFN4O2S. The van der Waals surface area contributed by atoms with Crippen molar-refractivity contribution in [2.24, 2.45) is 0 Å². The summed E-state index contributed by atoms with van der Waals surface area (Å²) in [6, 6.07) is 15.1. The normalized spacial score (nSPS) is 10.7. The molecule has 0 spiro atoms. The number of nitrogens with one attached hydrogen (secondary N) is 1. The highest BCUT2D eigenvalue weighted by Crippen LogP contribution is 2.25. The number of carbonyl (C=O) groups excluding carboxylic acids is 1. The van der Waals surface area contributed by atoms with Crippen molar-refractivity contribution in [3.8, 4) is 5.75 Å². The van der Waals surface area contributed by atoms with Crippen LogP contribution in [0.25, 0.3) is 0 Å². The highest BCUT2D eigenvalue weighted by Gasteiger charge is 2.13. The molecule has 0 radical (unpaired) electrons. The van der Waals surface area contributed by atoms with Gasteiger partial charge in [-0.05, 0) is 41.3 Å². The average molecular weight is 443 g/mol. The Morgan fingerprint density at radius 1 is 1.17 bits per heavy atom. The Bertz CT molecular complexity index is 1160. The van der Waals surface area contributed by atoms with E-state index in [1.165, 1.54) is 29.8 Å². The summed E-state index contributed by atoms with van der Waals surface area (Å²) in [7, 11) is 0. The monoisotopic (exact) mass is 442 g/mol. The topological polar surface area (TPSA) is 69.0 Å². The van der Waals surface area contributed by atoms with E-state index in [4.69, 9.17) is 16.3 Å². The van der Waals surface area contributed by atoms with E-state index in [9.17, 15) is 9.18 Å². The molecule has 4 aromatic rings. The fraction of sp³-hybridized carbons (Fsp3) is 0.0952. The number of hydrogen-bond acceptors (Lipinski definition) is 5. The molecular weight excluding hydrogens is 427 g/mol. The van der Waals surface area contributed by atoms with Crippen LogP contribution in [-0.4, -0.2) is 20.7 Å². The van der Waals surface area contributed by atoms with Crippen molar-refractivity contribution in [1.29, 1.82) is 0 Å². The van der Waals surface area contributed by atoms with E-state index in [1.54, 1.807) is 35.0 Å². The third-order valence-corrected chi connectivity index (χ3v) is 5.42. The molecule has 0 atom stereocenters. The van der Waals surface area contributed by atoms with Gasteiger partial charge in [-0.2, -0.15) is 0 Å². The maximum Gasteiger partial charge on any atom is 0.268 e. The molecule has 0 aliphatic rings. The number of thiophene rings is 1. The molecule has 0 fully saturated rings. The predicted molar refractivity (Wildman–Crippen MR) is 114 cm³/mol. The smallest absolute Gasteiger partial charge is 0.268 e. The van der Waals surface area contributed by atoms with Crippen molar-refractivity contribution in [1.82, 2.24) is 14.8 Å². The van der Waals surface area contributed by atoms with E-state index in [2.05, 4.69) is 15.4 Å². The van der Waals surface area contributed by atoms with Crippen LogP contribution in [0.5, 0.6) is 5.75 Å². The number of amides is 1. The third kappa shape index (κ3) is 5.03. The lowest BCUT2D eigenvalue weighted by Crippen LogP contribution is -2.12. The van der Waals surface area contributed by atoms with Gasteiger partial charge < -0.3 is 4.74 Å². The molecule has 0 aliphatic heterocycles. The van der Waals surface area contributed by atoms with E-state index in [0.717, 1.165) is 11.1 Å². The summed E-state index contributed by atoms with van der Waals surface area (Å²) >= 11 is 7.38. The van der Waals surface area contributed by atoms with E-state index < -0.39 is 0 Å². The zero-order valence-corrected chi connectivity index (χ0v) is 17.2. The molecule has 2 aromatic heterocycles. The summed E-state index contributed by atoms with van der Waals surface area (Å²) in [6.07, 6.45) is 1.51. The van der Waals surface area contributed by atoms with Crippen molar-refractivity contribution >= 4 is 34.8 Å². The van der Waals surface area contributed by atoms with Crippen LogP contribution in [0, 0.1) is 5.82 Å². The molecule has 1 N–H and O–H groups in total. The van der Waals surface area contributed by atoms with Gasteiger partial charge in [0.15, 0.2) is 0 Å². The lowest BCUT2D eigenvalue weighted by Gasteiger charge is -2.06. The van der Waals surface area contributed by atoms with Crippen LogP contribution in [0.2, 0.25) is 5.02 Å². The first-order valence-corrected chi connectivity index (χ1v) is 10.2. The fourth-order valence-corrected chi connectivity index (χ4v) is 3.64. The van der Waals surface area contributed by atoms with Crippen LogP contribution in [0.3, 0.4) is 0 Å². The van der Waals surface area contributed by atoms with Crippen LogP contribution in [0.1, 0.15) is 20.8 Å². The zero-order chi connectivity index (χ0) is 20.9. The number of halogens is 2. The summed E-state index contributed by atoms with van der Waals surface area (Å²) in [6.45, 7) is 0.726. The molecule has 4 rings (SSSR count). The summed E-state index contributed by atoms with van der Waals surface area (Å²) in [4.78, 5) is 17.1. The number of hydrogen-bond donors (Lipinski definition) is 1. The Labute approximate surface area is 180 Å². The number of benzene rings is 2. The molecule has 0 unspecified atom stereocenters. The van der Waals surface area contributed by atoms with Crippen LogP contribution < -0.4 is 10.1 Å². The molecule has 2 aromatic carbocycles. The molecule has 152 valence electrons.